The normalized spacial score (nSPS) is 25.4. The number of nitrogens with zero attached hydrogens (tertiary/aromatic N) is 1. The smallest absolute Gasteiger partial charge is 0.218 e. The number of nitrogens with two attached hydrogens (primary N) is 1. The Balaban J connectivity index is 2.12. The zero-order valence-electron chi connectivity index (χ0n) is 11.5. The Hall–Kier alpha value is -1.07. The van der Waals surface area contributed by atoms with Crippen LogP contribution in [-0.4, -0.2) is 25.3 Å². The van der Waals surface area contributed by atoms with Gasteiger partial charge in [0.2, 0.25) is 10.0 Å². The standard InChI is InChI=1S/C14H22N2O2S/c1-11-7-8-16(12(2)9-11)19(17,18)10-13-3-5-14(15)6-4-13/h3-6,11-12H,7-10,15H2,1-2H3. The molecular formula is C14H22N2O2S. The number of piperidine rings is 1. The minimum absolute atomic E-state index is 0.0615. The molecule has 1 heterocycles. The lowest BCUT2D eigenvalue weighted by molar-refractivity contribution is 0.220. The van der Waals surface area contributed by atoms with Crippen molar-refractivity contribution in [3.63, 3.8) is 0 Å². The van der Waals surface area contributed by atoms with E-state index in [0.29, 0.717) is 18.2 Å². The summed E-state index contributed by atoms with van der Waals surface area (Å²) in [6, 6.07) is 7.15. The molecule has 0 aromatic heterocycles. The zero-order chi connectivity index (χ0) is 14.0. The fraction of sp³-hybridized carbons (Fsp3) is 0.571. The largest absolute Gasteiger partial charge is 0.399 e. The van der Waals surface area contributed by atoms with Gasteiger partial charge in [-0.25, -0.2) is 8.42 Å². The molecule has 106 valence electrons. The maximum atomic E-state index is 12.5. The summed E-state index contributed by atoms with van der Waals surface area (Å²) < 4.78 is 26.6. The molecule has 2 rings (SSSR count). The number of nitrogen functional groups attached to an aromatic ring is 1. The average Bonchev–Trinajstić information content (AvgIpc) is 2.31. The van der Waals surface area contributed by atoms with E-state index in [0.717, 1.165) is 18.4 Å². The maximum absolute atomic E-state index is 12.5. The Morgan fingerprint density at radius 1 is 1.26 bits per heavy atom. The topological polar surface area (TPSA) is 63.4 Å². The number of hydrogen-bond donors (Lipinski definition) is 1. The summed E-state index contributed by atoms with van der Waals surface area (Å²) in [4.78, 5) is 0. The highest BCUT2D eigenvalue weighted by Crippen LogP contribution is 2.26. The van der Waals surface area contributed by atoms with Gasteiger partial charge in [-0.2, -0.15) is 4.31 Å². The van der Waals surface area contributed by atoms with Crippen LogP contribution in [0.1, 0.15) is 32.3 Å². The second kappa shape index (κ2) is 5.51. The Morgan fingerprint density at radius 2 is 1.89 bits per heavy atom. The van der Waals surface area contributed by atoms with Gasteiger partial charge in [0.15, 0.2) is 0 Å². The van der Waals surface area contributed by atoms with Crippen molar-refractivity contribution in [1.82, 2.24) is 4.31 Å². The minimum Gasteiger partial charge on any atom is -0.399 e. The molecule has 1 aromatic rings. The molecule has 0 saturated carbocycles. The van der Waals surface area contributed by atoms with Crippen LogP contribution in [0.3, 0.4) is 0 Å². The molecule has 4 nitrogen and oxygen atoms in total. The monoisotopic (exact) mass is 282 g/mol. The van der Waals surface area contributed by atoms with Crippen LogP contribution < -0.4 is 5.73 Å². The predicted octanol–water partition coefficient (Wildman–Crippen LogP) is 2.22. The molecule has 5 heteroatoms. The van der Waals surface area contributed by atoms with Gasteiger partial charge in [0.05, 0.1) is 5.75 Å². The third-order valence-electron chi connectivity index (χ3n) is 3.76. The number of anilines is 1. The second-order valence-electron chi connectivity index (χ2n) is 5.59. The first-order chi connectivity index (χ1) is 8.88. The van der Waals surface area contributed by atoms with E-state index in [1.165, 1.54) is 0 Å². The summed E-state index contributed by atoms with van der Waals surface area (Å²) in [5.41, 5.74) is 7.06. The van der Waals surface area contributed by atoms with Crippen LogP contribution in [0.4, 0.5) is 5.69 Å². The minimum atomic E-state index is -3.23. The van der Waals surface area contributed by atoms with Crippen molar-refractivity contribution in [2.75, 3.05) is 12.3 Å². The summed E-state index contributed by atoms with van der Waals surface area (Å²) in [6.07, 6.45) is 1.90. The van der Waals surface area contributed by atoms with Crippen LogP contribution in [0.25, 0.3) is 0 Å². The van der Waals surface area contributed by atoms with Gasteiger partial charge in [-0.05, 0) is 43.4 Å². The fourth-order valence-electron chi connectivity index (χ4n) is 2.71. The lowest BCUT2D eigenvalue weighted by Gasteiger charge is -2.35. The first-order valence-electron chi connectivity index (χ1n) is 6.72. The van der Waals surface area contributed by atoms with Crippen molar-refractivity contribution in [2.24, 2.45) is 5.92 Å². The molecule has 0 spiro atoms. The number of rotatable bonds is 3. The summed E-state index contributed by atoms with van der Waals surface area (Å²) in [7, 11) is -3.23. The highest BCUT2D eigenvalue weighted by molar-refractivity contribution is 7.88. The van der Waals surface area contributed by atoms with E-state index in [4.69, 9.17) is 5.73 Å². The van der Waals surface area contributed by atoms with E-state index >= 15 is 0 Å². The Labute approximate surface area is 115 Å². The van der Waals surface area contributed by atoms with E-state index in [1.807, 2.05) is 6.92 Å². The Kier molecular flexibility index (Phi) is 4.16. The van der Waals surface area contributed by atoms with Crippen LogP contribution in [-0.2, 0) is 15.8 Å². The summed E-state index contributed by atoms with van der Waals surface area (Å²) in [6.45, 7) is 4.82. The first kappa shape index (κ1) is 14.3. The van der Waals surface area contributed by atoms with Gasteiger partial charge in [0, 0.05) is 18.3 Å². The molecule has 1 aromatic carbocycles. The molecule has 1 saturated heterocycles. The van der Waals surface area contributed by atoms with E-state index in [9.17, 15) is 8.42 Å². The molecule has 2 N–H and O–H groups in total. The third kappa shape index (κ3) is 3.48. The lowest BCUT2D eigenvalue weighted by Crippen LogP contribution is -2.44. The molecule has 0 bridgehead atoms. The molecule has 2 unspecified atom stereocenters. The first-order valence-corrected chi connectivity index (χ1v) is 8.33. The summed E-state index contributed by atoms with van der Waals surface area (Å²) in [5.74, 6) is 0.671. The van der Waals surface area contributed by atoms with Crippen LogP contribution in [0.5, 0.6) is 0 Å². The Morgan fingerprint density at radius 3 is 2.47 bits per heavy atom. The van der Waals surface area contributed by atoms with Gasteiger partial charge >= 0.3 is 0 Å². The van der Waals surface area contributed by atoms with Gasteiger partial charge in [-0.1, -0.05) is 19.1 Å². The van der Waals surface area contributed by atoms with Crippen LogP contribution in [0.2, 0.25) is 0 Å². The van der Waals surface area contributed by atoms with Crippen molar-refractivity contribution in [3.05, 3.63) is 29.8 Å². The maximum Gasteiger partial charge on any atom is 0.218 e. The predicted molar refractivity (Wildman–Crippen MR) is 78.0 cm³/mol. The van der Waals surface area contributed by atoms with Crippen LogP contribution >= 0.6 is 0 Å². The third-order valence-corrected chi connectivity index (χ3v) is 5.72. The van der Waals surface area contributed by atoms with Gasteiger partial charge < -0.3 is 5.73 Å². The quantitative estimate of drug-likeness (QED) is 0.865. The van der Waals surface area contributed by atoms with Gasteiger partial charge in [0.25, 0.3) is 0 Å². The molecule has 1 fully saturated rings. The molecule has 0 aliphatic carbocycles. The molecule has 1 aliphatic rings. The van der Waals surface area contributed by atoms with Crippen molar-refractivity contribution in [3.8, 4) is 0 Å². The van der Waals surface area contributed by atoms with Crippen molar-refractivity contribution < 1.29 is 8.42 Å². The van der Waals surface area contributed by atoms with Crippen molar-refractivity contribution in [1.29, 1.82) is 0 Å². The summed E-state index contributed by atoms with van der Waals surface area (Å²) >= 11 is 0. The Bertz CT molecular complexity index is 525. The summed E-state index contributed by atoms with van der Waals surface area (Å²) in [5, 5.41) is 0. The zero-order valence-corrected chi connectivity index (χ0v) is 12.4. The molecule has 1 aliphatic heterocycles. The van der Waals surface area contributed by atoms with E-state index < -0.39 is 10.0 Å². The molecule has 2 atom stereocenters. The second-order valence-corrected chi connectivity index (χ2v) is 7.51. The van der Waals surface area contributed by atoms with Gasteiger partial charge in [-0.3, -0.25) is 0 Å². The molecular weight excluding hydrogens is 260 g/mol. The van der Waals surface area contributed by atoms with Gasteiger partial charge in [-0.15, -0.1) is 0 Å². The lowest BCUT2D eigenvalue weighted by atomic mass is 9.95. The number of sulfonamides is 1. The van der Waals surface area contributed by atoms with Gasteiger partial charge in [0.1, 0.15) is 0 Å². The highest BCUT2D eigenvalue weighted by Gasteiger charge is 2.31. The van der Waals surface area contributed by atoms with Crippen molar-refractivity contribution >= 4 is 15.7 Å². The molecule has 19 heavy (non-hydrogen) atoms. The molecule has 0 radical (unpaired) electrons. The van der Waals surface area contributed by atoms with E-state index in [-0.39, 0.29) is 11.8 Å². The fourth-order valence-corrected chi connectivity index (χ4v) is 4.50. The van der Waals surface area contributed by atoms with Crippen LogP contribution in [0, 0.1) is 5.92 Å². The van der Waals surface area contributed by atoms with E-state index in [2.05, 4.69) is 6.92 Å². The molecule has 0 amide bonds. The van der Waals surface area contributed by atoms with Crippen molar-refractivity contribution in [2.45, 2.75) is 38.5 Å². The van der Waals surface area contributed by atoms with Crippen LogP contribution in [0.15, 0.2) is 24.3 Å². The average molecular weight is 282 g/mol. The van der Waals surface area contributed by atoms with E-state index in [1.54, 1.807) is 28.6 Å². The highest BCUT2D eigenvalue weighted by atomic mass is 32.2. The number of hydrogen-bond acceptors (Lipinski definition) is 3. The SMILES string of the molecule is CC1CCN(S(=O)(=O)Cc2ccc(N)cc2)C(C)C1. The number of benzene rings is 1.